The molecule has 0 amide bonds. The van der Waals surface area contributed by atoms with Crippen LogP contribution in [0, 0.1) is 0 Å². The van der Waals surface area contributed by atoms with Crippen molar-refractivity contribution < 1.29 is 18.3 Å². The summed E-state index contributed by atoms with van der Waals surface area (Å²) in [5.74, 6) is 4.16. The zero-order chi connectivity index (χ0) is 12.9. The first-order valence-electron chi connectivity index (χ1n) is 4.64. The third kappa shape index (κ3) is 4.36. The second-order valence-electron chi connectivity index (χ2n) is 2.98. The normalized spacial score (nSPS) is 11.6. The highest BCUT2D eigenvalue weighted by atomic mass is 32.2. The molecule has 0 fully saturated rings. The molecule has 0 aliphatic carbocycles. The van der Waals surface area contributed by atoms with Crippen LogP contribution in [-0.2, 0) is 6.18 Å². The van der Waals surface area contributed by atoms with Crippen LogP contribution in [0.1, 0.15) is 12.2 Å². The summed E-state index contributed by atoms with van der Waals surface area (Å²) in [7, 11) is 0. The van der Waals surface area contributed by atoms with Gasteiger partial charge < -0.3 is 10.5 Å². The molecule has 0 spiro atoms. The molecule has 0 aliphatic heterocycles. The highest BCUT2D eigenvalue weighted by Gasteiger charge is 2.35. The van der Waals surface area contributed by atoms with Crippen LogP contribution in [0.4, 0.5) is 19.0 Å². The number of aliphatic hydroxyl groups is 1. The van der Waals surface area contributed by atoms with Crippen LogP contribution in [0.3, 0.4) is 0 Å². The van der Waals surface area contributed by atoms with E-state index in [1.165, 1.54) is 6.07 Å². The Kier molecular flexibility index (Phi) is 4.97. The Hall–Kier alpha value is -1.06. The van der Waals surface area contributed by atoms with Crippen molar-refractivity contribution in [2.24, 2.45) is 5.84 Å². The maximum atomic E-state index is 12.4. The van der Waals surface area contributed by atoms with Crippen molar-refractivity contribution in [3.05, 3.63) is 11.9 Å². The first-order chi connectivity index (χ1) is 7.97. The standard InChI is InChI=1S/C8H11F3N4OS/c9-8(10,11)7-13-5(15-12)4-6(14-7)17-3-1-2-16/h4,16H,1-3,12H2,(H,13,14,15). The van der Waals surface area contributed by atoms with Gasteiger partial charge in [0.05, 0.1) is 0 Å². The Bertz CT molecular complexity index is 374. The number of nitrogen functional groups attached to an aromatic ring is 1. The van der Waals surface area contributed by atoms with Crippen LogP contribution in [0.25, 0.3) is 0 Å². The lowest BCUT2D eigenvalue weighted by atomic mass is 10.5. The number of alkyl halides is 3. The summed E-state index contributed by atoms with van der Waals surface area (Å²) < 4.78 is 37.3. The van der Waals surface area contributed by atoms with E-state index in [1.54, 1.807) is 0 Å². The lowest BCUT2D eigenvalue weighted by molar-refractivity contribution is -0.145. The van der Waals surface area contributed by atoms with Crippen molar-refractivity contribution in [1.29, 1.82) is 0 Å². The number of aromatic nitrogens is 2. The molecule has 0 aromatic carbocycles. The third-order valence-corrected chi connectivity index (χ3v) is 2.65. The van der Waals surface area contributed by atoms with Crippen LogP contribution >= 0.6 is 11.8 Å². The molecule has 17 heavy (non-hydrogen) atoms. The average molecular weight is 268 g/mol. The Morgan fingerprint density at radius 2 is 2.12 bits per heavy atom. The molecule has 0 radical (unpaired) electrons. The number of nitrogens with one attached hydrogen (secondary N) is 1. The number of aliphatic hydroxyl groups excluding tert-OH is 1. The third-order valence-electron chi connectivity index (χ3n) is 1.66. The van der Waals surface area contributed by atoms with Crippen molar-refractivity contribution in [2.75, 3.05) is 17.8 Å². The van der Waals surface area contributed by atoms with Gasteiger partial charge in [-0.1, -0.05) is 0 Å². The van der Waals surface area contributed by atoms with Gasteiger partial charge >= 0.3 is 6.18 Å². The number of nitrogens with two attached hydrogens (primary N) is 1. The quantitative estimate of drug-likeness (QED) is 0.245. The molecular weight excluding hydrogens is 257 g/mol. The maximum Gasteiger partial charge on any atom is 0.451 e. The molecule has 0 saturated carbocycles. The first kappa shape index (κ1) is 14.0. The Morgan fingerprint density at radius 1 is 1.41 bits per heavy atom. The van der Waals surface area contributed by atoms with Gasteiger partial charge in [-0.25, -0.2) is 15.8 Å². The number of anilines is 1. The second-order valence-corrected chi connectivity index (χ2v) is 4.10. The van der Waals surface area contributed by atoms with Gasteiger partial charge in [-0.3, -0.25) is 0 Å². The van der Waals surface area contributed by atoms with Crippen LogP contribution in [0.5, 0.6) is 0 Å². The van der Waals surface area contributed by atoms with Gasteiger partial charge in [0, 0.05) is 18.4 Å². The summed E-state index contributed by atoms with van der Waals surface area (Å²) in [5, 5.41) is 8.73. The van der Waals surface area contributed by atoms with E-state index < -0.39 is 12.0 Å². The number of rotatable bonds is 5. The molecule has 0 unspecified atom stereocenters. The predicted octanol–water partition coefficient (Wildman–Crippen LogP) is 1.26. The maximum absolute atomic E-state index is 12.4. The number of nitrogens with zero attached hydrogens (tertiary/aromatic N) is 2. The average Bonchev–Trinajstić information content (AvgIpc) is 2.28. The Morgan fingerprint density at radius 3 is 2.65 bits per heavy atom. The molecule has 1 aromatic rings. The summed E-state index contributed by atoms with van der Waals surface area (Å²) in [5.41, 5.74) is 2.06. The summed E-state index contributed by atoms with van der Waals surface area (Å²) >= 11 is 1.10. The topological polar surface area (TPSA) is 84.1 Å². The van der Waals surface area contributed by atoms with Crippen LogP contribution < -0.4 is 11.3 Å². The van der Waals surface area contributed by atoms with E-state index in [2.05, 4.69) is 15.4 Å². The van der Waals surface area contributed by atoms with Gasteiger partial charge in [0.25, 0.3) is 0 Å². The van der Waals surface area contributed by atoms with Crippen molar-refractivity contribution >= 4 is 17.6 Å². The van der Waals surface area contributed by atoms with Crippen molar-refractivity contribution in [3.8, 4) is 0 Å². The second kappa shape index (κ2) is 6.03. The molecule has 1 aromatic heterocycles. The fourth-order valence-electron chi connectivity index (χ4n) is 0.941. The minimum atomic E-state index is -4.61. The molecular formula is C8H11F3N4OS. The van der Waals surface area contributed by atoms with Gasteiger partial charge in [0.2, 0.25) is 5.82 Å². The summed E-state index contributed by atoms with van der Waals surface area (Å²) in [6.07, 6.45) is -4.14. The Labute approximate surface area is 99.6 Å². The molecule has 0 atom stereocenters. The van der Waals surface area contributed by atoms with E-state index in [0.29, 0.717) is 12.2 Å². The van der Waals surface area contributed by atoms with Crippen LogP contribution in [-0.4, -0.2) is 27.4 Å². The van der Waals surface area contributed by atoms with Crippen LogP contribution in [0.15, 0.2) is 11.1 Å². The summed E-state index contributed by atoms with van der Waals surface area (Å²) in [6.45, 7) is -0.0216. The van der Waals surface area contributed by atoms with Crippen molar-refractivity contribution in [1.82, 2.24) is 9.97 Å². The molecule has 4 N–H and O–H groups in total. The zero-order valence-electron chi connectivity index (χ0n) is 8.66. The number of hydrazine groups is 1. The van der Waals surface area contributed by atoms with E-state index >= 15 is 0 Å². The monoisotopic (exact) mass is 268 g/mol. The highest BCUT2D eigenvalue weighted by molar-refractivity contribution is 7.99. The van der Waals surface area contributed by atoms with Crippen LogP contribution in [0.2, 0.25) is 0 Å². The van der Waals surface area contributed by atoms with Gasteiger partial charge in [-0.2, -0.15) is 13.2 Å². The number of thioether (sulfide) groups is 1. The first-order valence-corrected chi connectivity index (χ1v) is 5.62. The van der Waals surface area contributed by atoms with Crippen molar-refractivity contribution in [3.63, 3.8) is 0 Å². The highest BCUT2D eigenvalue weighted by Crippen LogP contribution is 2.29. The summed E-state index contributed by atoms with van der Waals surface area (Å²) in [4.78, 5) is 6.59. The largest absolute Gasteiger partial charge is 0.451 e. The van der Waals surface area contributed by atoms with Gasteiger partial charge in [0.1, 0.15) is 10.8 Å². The molecule has 5 nitrogen and oxygen atoms in total. The molecule has 96 valence electrons. The van der Waals surface area contributed by atoms with Gasteiger partial charge in [-0.05, 0) is 6.42 Å². The molecule has 9 heteroatoms. The number of hydrogen-bond acceptors (Lipinski definition) is 6. The van der Waals surface area contributed by atoms with Gasteiger partial charge in [0.15, 0.2) is 0 Å². The van der Waals surface area contributed by atoms with E-state index in [1.807, 2.05) is 0 Å². The lowest BCUT2D eigenvalue weighted by Crippen LogP contribution is -2.16. The van der Waals surface area contributed by atoms with Gasteiger partial charge in [-0.15, -0.1) is 11.8 Å². The van der Waals surface area contributed by atoms with E-state index in [0.717, 1.165) is 11.8 Å². The molecule has 0 saturated heterocycles. The summed E-state index contributed by atoms with van der Waals surface area (Å²) in [6, 6.07) is 1.32. The molecule has 1 heterocycles. The molecule has 1 rings (SSSR count). The smallest absolute Gasteiger partial charge is 0.396 e. The van der Waals surface area contributed by atoms with E-state index in [9.17, 15) is 13.2 Å². The predicted molar refractivity (Wildman–Crippen MR) is 57.3 cm³/mol. The van der Waals surface area contributed by atoms with E-state index in [4.69, 9.17) is 10.9 Å². The fourth-order valence-corrected chi connectivity index (χ4v) is 1.77. The fraction of sp³-hybridized carbons (Fsp3) is 0.500. The number of hydrogen-bond donors (Lipinski definition) is 3. The minimum absolute atomic E-state index is 0.0216. The molecule has 0 aliphatic rings. The number of halogens is 3. The van der Waals surface area contributed by atoms with E-state index in [-0.39, 0.29) is 17.5 Å². The van der Waals surface area contributed by atoms with Crippen molar-refractivity contribution in [2.45, 2.75) is 17.6 Å². The Balaban J connectivity index is 2.89. The zero-order valence-corrected chi connectivity index (χ0v) is 9.48. The SMILES string of the molecule is NNc1cc(SCCCO)nc(C(F)(F)F)n1. The minimum Gasteiger partial charge on any atom is -0.396 e. The lowest BCUT2D eigenvalue weighted by Gasteiger charge is -2.09. The molecule has 0 bridgehead atoms.